The third-order valence-electron chi connectivity index (χ3n) is 3.62. The van der Waals surface area contributed by atoms with Crippen LogP contribution in [0.4, 0.5) is 14.5 Å². The van der Waals surface area contributed by atoms with Gasteiger partial charge in [-0.25, -0.2) is 8.78 Å². The van der Waals surface area contributed by atoms with Gasteiger partial charge >= 0.3 is 0 Å². The van der Waals surface area contributed by atoms with Crippen molar-refractivity contribution in [2.75, 3.05) is 19.7 Å². The smallest absolute Gasteiger partial charge is 0.270 e. The summed E-state index contributed by atoms with van der Waals surface area (Å²) in [5, 5.41) is 13.9. The molecule has 1 N–H and O–H groups in total. The van der Waals surface area contributed by atoms with E-state index in [9.17, 15) is 18.9 Å². The summed E-state index contributed by atoms with van der Waals surface area (Å²) in [7, 11) is 0. The Morgan fingerprint density at radius 3 is 2.90 bits per heavy atom. The number of nitrogens with one attached hydrogen (secondary N) is 1. The molecule has 1 unspecified atom stereocenters. The first-order valence-electron chi connectivity index (χ1n) is 6.98. The molecule has 0 saturated carbocycles. The number of hydrogen-bond acceptors (Lipinski definition) is 4. The Labute approximate surface area is 121 Å². The van der Waals surface area contributed by atoms with Crippen LogP contribution in [0.1, 0.15) is 31.3 Å². The second-order valence-electron chi connectivity index (χ2n) is 5.13. The lowest BCUT2D eigenvalue weighted by molar-refractivity contribution is -0.385. The maximum Gasteiger partial charge on any atom is 0.270 e. The summed E-state index contributed by atoms with van der Waals surface area (Å²) in [5.41, 5.74) is -0.778. The van der Waals surface area contributed by atoms with E-state index in [1.165, 1.54) is 12.1 Å². The summed E-state index contributed by atoms with van der Waals surface area (Å²) >= 11 is 0. The van der Waals surface area contributed by atoms with Crippen LogP contribution in [0.3, 0.4) is 0 Å². The van der Waals surface area contributed by atoms with Crippen molar-refractivity contribution in [3.8, 4) is 5.75 Å². The SMILES string of the molecule is O=[N+]([O-])c1ccc(OCCC2CCCNC2)c(C(F)F)c1. The van der Waals surface area contributed by atoms with Crippen molar-refractivity contribution in [2.24, 2.45) is 5.92 Å². The zero-order valence-electron chi connectivity index (χ0n) is 11.6. The summed E-state index contributed by atoms with van der Waals surface area (Å²) in [5.74, 6) is 0.520. The van der Waals surface area contributed by atoms with Crippen molar-refractivity contribution in [3.63, 3.8) is 0 Å². The highest BCUT2D eigenvalue weighted by Gasteiger charge is 2.19. The molecule has 1 fully saturated rings. The molecule has 1 heterocycles. The minimum absolute atomic E-state index is 0.0272. The summed E-state index contributed by atoms with van der Waals surface area (Å²) in [6.07, 6.45) is 0.214. The summed E-state index contributed by atoms with van der Waals surface area (Å²) < 4.78 is 31.3. The number of ether oxygens (including phenoxy) is 1. The summed E-state index contributed by atoms with van der Waals surface area (Å²) in [6, 6.07) is 3.31. The fourth-order valence-corrected chi connectivity index (χ4v) is 2.46. The van der Waals surface area contributed by atoms with Crippen molar-refractivity contribution in [2.45, 2.75) is 25.7 Å². The molecule has 1 aromatic rings. The highest BCUT2D eigenvalue weighted by molar-refractivity contribution is 5.44. The van der Waals surface area contributed by atoms with Crippen LogP contribution in [0.2, 0.25) is 0 Å². The molecule has 1 aliphatic heterocycles. The molecule has 1 aliphatic rings. The molecule has 0 aliphatic carbocycles. The number of alkyl halides is 2. The summed E-state index contributed by atoms with van der Waals surface area (Å²) in [6.45, 7) is 2.28. The fraction of sp³-hybridized carbons (Fsp3) is 0.571. The number of halogens is 2. The molecule has 0 bridgehead atoms. The van der Waals surface area contributed by atoms with E-state index in [1.807, 2.05) is 0 Å². The standard InChI is InChI=1S/C14H18F2N2O3/c15-14(16)12-8-11(18(19)20)3-4-13(12)21-7-5-10-2-1-6-17-9-10/h3-4,8,10,14,17H,1-2,5-7,9H2. The molecule has 7 heteroatoms. The molecule has 2 rings (SSSR count). The number of nitro benzene ring substituents is 1. The molecule has 1 atom stereocenters. The van der Waals surface area contributed by atoms with Gasteiger partial charge in [0, 0.05) is 12.1 Å². The highest BCUT2D eigenvalue weighted by atomic mass is 19.3. The van der Waals surface area contributed by atoms with Gasteiger partial charge in [0.05, 0.1) is 17.1 Å². The van der Waals surface area contributed by atoms with Crippen LogP contribution in [0, 0.1) is 16.0 Å². The predicted octanol–water partition coefficient (Wildman–Crippen LogP) is 3.30. The number of non-ortho nitro benzene ring substituents is 1. The molecule has 0 radical (unpaired) electrons. The Balaban J connectivity index is 1.96. The molecule has 116 valence electrons. The lowest BCUT2D eigenvalue weighted by Crippen LogP contribution is -2.30. The second-order valence-corrected chi connectivity index (χ2v) is 5.13. The third kappa shape index (κ3) is 4.35. The molecule has 1 aromatic carbocycles. The fourth-order valence-electron chi connectivity index (χ4n) is 2.46. The molecular formula is C14H18F2N2O3. The van der Waals surface area contributed by atoms with E-state index in [4.69, 9.17) is 4.74 Å². The van der Waals surface area contributed by atoms with Crippen LogP contribution >= 0.6 is 0 Å². The zero-order chi connectivity index (χ0) is 15.2. The van der Waals surface area contributed by atoms with Crippen LogP contribution in [0.5, 0.6) is 5.75 Å². The third-order valence-corrected chi connectivity index (χ3v) is 3.62. The molecule has 1 saturated heterocycles. The number of hydrogen-bond donors (Lipinski definition) is 1. The minimum atomic E-state index is -2.80. The van der Waals surface area contributed by atoms with Crippen molar-refractivity contribution < 1.29 is 18.4 Å². The topological polar surface area (TPSA) is 64.4 Å². The maximum absolute atomic E-state index is 12.9. The van der Waals surface area contributed by atoms with Crippen LogP contribution in [0.25, 0.3) is 0 Å². The quantitative estimate of drug-likeness (QED) is 0.646. The number of benzene rings is 1. The lowest BCUT2D eigenvalue weighted by atomic mass is 9.97. The minimum Gasteiger partial charge on any atom is -0.493 e. The average molecular weight is 300 g/mol. The first-order valence-corrected chi connectivity index (χ1v) is 6.98. The van der Waals surface area contributed by atoms with Gasteiger partial charge in [-0.2, -0.15) is 0 Å². The van der Waals surface area contributed by atoms with Crippen molar-refractivity contribution in [1.82, 2.24) is 5.32 Å². The second kappa shape index (κ2) is 7.31. The van der Waals surface area contributed by atoms with E-state index in [2.05, 4.69) is 5.32 Å². The van der Waals surface area contributed by atoms with Crippen molar-refractivity contribution >= 4 is 5.69 Å². The Morgan fingerprint density at radius 1 is 1.48 bits per heavy atom. The Morgan fingerprint density at radius 2 is 2.29 bits per heavy atom. The maximum atomic E-state index is 12.9. The molecule has 0 amide bonds. The van der Waals surface area contributed by atoms with Gasteiger partial charge in [-0.15, -0.1) is 0 Å². The van der Waals surface area contributed by atoms with Gasteiger partial charge in [0.1, 0.15) is 5.75 Å². The van der Waals surface area contributed by atoms with Crippen molar-refractivity contribution in [1.29, 1.82) is 0 Å². The van der Waals surface area contributed by atoms with E-state index in [0.717, 1.165) is 38.4 Å². The lowest BCUT2D eigenvalue weighted by Gasteiger charge is -2.22. The average Bonchev–Trinajstić information content (AvgIpc) is 2.48. The van der Waals surface area contributed by atoms with E-state index >= 15 is 0 Å². The van der Waals surface area contributed by atoms with E-state index in [-0.39, 0.29) is 11.4 Å². The molecule has 5 nitrogen and oxygen atoms in total. The zero-order valence-corrected chi connectivity index (χ0v) is 11.6. The molecular weight excluding hydrogens is 282 g/mol. The Hall–Kier alpha value is -1.76. The highest BCUT2D eigenvalue weighted by Crippen LogP contribution is 2.32. The van der Waals surface area contributed by atoms with E-state index < -0.39 is 16.9 Å². The predicted molar refractivity (Wildman–Crippen MR) is 73.8 cm³/mol. The molecule has 0 spiro atoms. The van der Waals surface area contributed by atoms with Crippen LogP contribution in [-0.4, -0.2) is 24.6 Å². The number of nitro groups is 1. The van der Waals surface area contributed by atoms with Gasteiger partial charge in [-0.3, -0.25) is 10.1 Å². The largest absolute Gasteiger partial charge is 0.493 e. The van der Waals surface area contributed by atoms with Gasteiger partial charge in [-0.05, 0) is 44.3 Å². The van der Waals surface area contributed by atoms with Crippen LogP contribution in [-0.2, 0) is 0 Å². The molecule has 21 heavy (non-hydrogen) atoms. The first kappa shape index (κ1) is 15.6. The van der Waals surface area contributed by atoms with E-state index in [1.54, 1.807) is 0 Å². The van der Waals surface area contributed by atoms with Crippen LogP contribution < -0.4 is 10.1 Å². The monoisotopic (exact) mass is 300 g/mol. The number of rotatable bonds is 6. The number of piperidine rings is 1. The van der Waals surface area contributed by atoms with E-state index in [0.29, 0.717) is 12.5 Å². The molecule has 0 aromatic heterocycles. The van der Waals surface area contributed by atoms with Gasteiger partial charge < -0.3 is 10.1 Å². The summed E-state index contributed by atoms with van der Waals surface area (Å²) in [4.78, 5) is 9.93. The Kier molecular flexibility index (Phi) is 5.44. The number of nitrogens with zero attached hydrogens (tertiary/aromatic N) is 1. The van der Waals surface area contributed by atoms with Crippen molar-refractivity contribution in [3.05, 3.63) is 33.9 Å². The van der Waals surface area contributed by atoms with Gasteiger partial charge in [0.2, 0.25) is 0 Å². The normalized spacial score (nSPS) is 18.7. The first-order chi connectivity index (χ1) is 10.1. The van der Waals surface area contributed by atoms with Crippen LogP contribution in [0.15, 0.2) is 18.2 Å². The van der Waals surface area contributed by atoms with Gasteiger partial charge in [0.25, 0.3) is 12.1 Å². The Bertz CT molecular complexity index is 491. The van der Waals surface area contributed by atoms with Gasteiger partial charge in [0.15, 0.2) is 0 Å². The van der Waals surface area contributed by atoms with Gasteiger partial charge in [-0.1, -0.05) is 0 Å².